The van der Waals surface area contributed by atoms with Gasteiger partial charge in [-0.15, -0.1) is 0 Å². The van der Waals surface area contributed by atoms with Crippen molar-refractivity contribution >= 4 is 5.97 Å². The van der Waals surface area contributed by atoms with Gasteiger partial charge in [-0.05, 0) is 13.8 Å². The second kappa shape index (κ2) is 5.94. The third-order valence-electron chi connectivity index (χ3n) is 1.33. The van der Waals surface area contributed by atoms with Crippen molar-refractivity contribution in [3.8, 4) is 0 Å². The number of esters is 1. The van der Waals surface area contributed by atoms with Crippen molar-refractivity contribution < 1.29 is 19.4 Å². The molecule has 0 aliphatic carbocycles. The van der Waals surface area contributed by atoms with Crippen molar-refractivity contribution in [2.75, 3.05) is 6.61 Å². The molecule has 13 heavy (non-hydrogen) atoms. The molecule has 0 spiro atoms. The molecule has 1 atom stereocenters. The predicted octanol–water partition coefficient (Wildman–Crippen LogP) is 0.929. The Balaban J connectivity index is 4.02. The lowest BCUT2D eigenvalue weighted by Crippen LogP contribution is -2.30. The predicted molar refractivity (Wildman–Crippen MR) is 48.0 cm³/mol. The molecule has 4 heteroatoms. The SMILES string of the molecule is CC(C)OC(OC(=O)CO)C(C)C. The summed E-state index contributed by atoms with van der Waals surface area (Å²) in [5.74, 6) is -0.572. The first-order valence-electron chi connectivity index (χ1n) is 4.43. The van der Waals surface area contributed by atoms with Crippen LogP contribution < -0.4 is 0 Å². The lowest BCUT2D eigenvalue weighted by molar-refractivity contribution is -0.200. The number of aliphatic hydroxyl groups excluding tert-OH is 1. The summed E-state index contributed by atoms with van der Waals surface area (Å²) in [7, 11) is 0. The summed E-state index contributed by atoms with van der Waals surface area (Å²) in [6.45, 7) is 6.89. The average molecular weight is 190 g/mol. The summed E-state index contributed by atoms with van der Waals surface area (Å²) in [5.41, 5.74) is 0. The highest BCUT2D eigenvalue weighted by Gasteiger charge is 2.19. The van der Waals surface area contributed by atoms with E-state index in [1.54, 1.807) is 0 Å². The van der Waals surface area contributed by atoms with E-state index in [0.29, 0.717) is 0 Å². The summed E-state index contributed by atoms with van der Waals surface area (Å²) >= 11 is 0. The topological polar surface area (TPSA) is 55.8 Å². The molecule has 0 saturated heterocycles. The molecule has 1 N–H and O–H groups in total. The second-order valence-corrected chi connectivity index (χ2v) is 3.45. The first kappa shape index (κ1) is 12.4. The number of ether oxygens (including phenoxy) is 2. The van der Waals surface area contributed by atoms with Crippen LogP contribution in [0.25, 0.3) is 0 Å². The molecule has 0 aromatic heterocycles. The molecule has 0 aromatic carbocycles. The van der Waals surface area contributed by atoms with Crippen LogP contribution in [0.4, 0.5) is 0 Å². The monoisotopic (exact) mass is 190 g/mol. The van der Waals surface area contributed by atoms with Gasteiger partial charge in [0.1, 0.15) is 6.61 Å². The van der Waals surface area contributed by atoms with Crippen LogP contribution in [0.1, 0.15) is 27.7 Å². The van der Waals surface area contributed by atoms with Crippen LogP contribution in [0.15, 0.2) is 0 Å². The first-order valence-corrected chi connectivity index (χ1v) is 4.43. The van der Waals surface area contributed by atoms with Crippen molar-refractivity contribution in [2.24, 2.45) is 5.92 Å². The van der Waals surface area contributed by atoms with E-state index in [0.717, 1.165) is 0 Å². The van der Waals surface area contributed by atoms with E-state index in [1.165, 1.54) is 0 Å². The van der Waals surface area contributed by atoms with Gasteiger partial charge >= 0.3 is 5.97 Å². The van der Waals surface area contributed by atoms with Crippen LogP contribution in [0.3, 0.4) is 0 Å². The molecule has 0 fully saturated rings. The maximum absolute atomic E-state index is 10.8. The lowest BCUT2D eigenvalue weighted by Gasteiger charge is -2.23. The third kappa shape index (κ3) is 5.60. The Labute approximate surface area is 78.8 Å². The van der Waals surface area contributed by atoms with Crippen molar-refractivity contribution in [3.05, 3.63) is 0 Å². The Morgan fingerprint density at radius 2 is 1.85 bits per heavy atom. The van der Waals surface area contributed by atoms with E-state index in [-0.39, 0.29) is 12.0 Å². The van der Waals surface area contributed by atoms with Gasteiger partial charge in [-0.25, -0.2) is 4.79 Å². The van der Waals surface area contributed by atoms with Gasteiger partial charge in [0, 0.05) is 5.92 Å². The molecule has 78 valence electrons. The van der Waals surface area contributed by atoms with Crippen LogP contribution in [-0.2, 0) is 14.3 Å². The average Bonchev–Trinajstić information content (AvgIpc) is 2.02. The van der Waals surface area contributed by atoms with E-state index in [2.05, 4.69) is 0 Å². The summed E-state index contributed by atoms with van der Waals surface area (Å²) in [6.07, 6.45) is -0.571. The lowest BCUT2D eigenvalue weighted by atomic mass is 10.2. The summed E-state index contributed by atoms with van der Waals surface area (Å²) < 4.78 is 10.2. The fraction of sp³-hybridized carbons (Fsp3) is 0.889. The summed E-state index contributed by atoms with van der Waals surface area (Å²) in [6, 6.07) is 0. The smallest absolute Gasteiger partial charge is 0.334 e. The van der Waals surface area contributed by atoms with Crippen molar-refractivity contribution in [1.82, 2.24) is 0 Å². The summed E-state index contributed by atoms with van der Waals surface area (Å²) in [5, 5.41) is 8.47. The van der Waals surface area contributed by atoms with E-state index < -0.39 is 18.9 Å². The highest BCUT2D eigenvalue weighted by Crippen LogP contribution is 2.10. The zero-order valence-corrected chi connectivity index (χ0v) is 8.61. The van der Waals surface area contributed by atoms with Crippen molar-refractivity contribution in [1.29, 1.82) is 0 Å². The van der Waals surface area contributed by atoms with Crippen LogP contribution in [0, 0.1) is 5.92 Å². The molecule has 0 heterocycles. The minimum absolute atomic E-state index is 0.00103. The molecule has 0 aromatic rings. The molecule has 4 nitrogen and oxygen atoms in total. The van der Waals surface area contributed by atoms with E-state index in [9.17, 15) is 4.79 Å². The quantitative estimate of drug-likeness (QED) is 0.517. The van der Waals surface area contributed by atoms with Gasteiger partial charge in [0.05, 0.1) is 6.10 Å². The van der Waals surface area contributed by atoms with E-state index in [1.807, 2.05) is 27.7 Å². The van der Waals surface area contributed by atoms with Gasteiger partial charge < -0.3 is 14.6 Å². The number of rotatable bonds is 5. The standard InChI is InChI=1S/C9H18O4/c1-6(2)9(12-7(3)4)13-8(11)5-10/h6-7,9-10H,5H2,1-4H3. The van der Waals surface area contributed by atoms with Crippen molar-refractivity contribution in [2.45, 2.75) is 40.1 Å². The molecule has 0 rings (SSSR count). The summed E-state index contributed by atoms with van der Waals surface area (Å²) in [4.78, 5) is 10.8. The fourth-order valence-corrected chi connectivity index (χ4v) is 0.756. The Morgan fingerprint density at radius 1 is 1.31 bits per heavy atom. The molecule has 0 aliphatic heterocycles. The van der Waals surface area contributed by atoms with Gasteiger partial charge in [-0.3, -0.25) is 0 Å². The number of carbonyl (C=O) groups is 1. The van der Waals surface area contributed by atoms with Gasteiger partial charge in [-0.1, -0.05) is 13.8 Å². The molecule has 0 bridgehead atoms. The highest BCUT2D eigenvalue weighted by molar-refractivity contribution is 5.70. The van der Waals surface area contributed by atoms with Gasteiger partial charge in [0.15, 0.2) is 0 Å². The largest absolute Gasteiger partial charge is 0.434 e. The Morgan fingerprint density at radius 3 is 2.15 bits per heavy atom. The van der Waals surface area contributed by atoms with Crippen LogP contribution in [-0.4, -0.2) is 30.1 Å². The zero-order valence-electron chi connectivity index (χ0n) is 8.61. The molecule has 0 amide bonds. The van der Waals surface area contributed by atoms with Gasteiger partial charge in [0.2, 0.25) is 6.29 Å². The number of hydrogen-bond donors (Lipinski definition) is 1. The fourth-order valence-electron chi connectivity index (χ4n) is 0.756. The van der Waals surface area contributed by atoms with Gasteiger partial charge in [0.25, 0.3) is 0 Å². The van der Waals surface area contributed by atoms with Crippen molar-refractivity contribution in [3.63, 3.8) is 0 Å². The van der Waals surface area contributed by atoms with E-state index >= 15 is 0 Å². The van der Waals surface area contributed by atoms with Crippen LogP contribution >= 0.6 is 0 Å². The number of aliphatic hydroxyl groups is 1. The number of hydrogen-bond acceptors (Lipinski definition) is 4. The molecular formula is C9H18O4. The Kier molecular flexibility index (Phi) is 5.66. The maximum Gasteiger partial charge on any atom is 0.334 e. The minimum atomic E-state index is -0.653. The molecule has 0 saturated carbocycles. The third-order valence-corrected chi connectivity index (χ3v) is 1.33. The highest BCUT2D eigenvalue weighted by atomic mass is 16.7. The normalized spacial score (nSPS) is 13.5. The maximum atomic E-state index is 10.8. The molecular weight excluding hydrogens is 172 g/mol. The molecule has 0 aliphatic rings. The molecule has 0 radical (unpaired) electrons. The Hall–Kier alpha value is -0.610. The Bertz CT molecular complexity index is 154. The van der Waals surface area contributed by atoms with Crippen LogP contribution in [0.5, 0.6) is 0 Å². The van der Waals surface area contributed by atoms with Crippen LogP contribution in [0.2, 0.25) is 0 Å². The minimum Gasteiger partial charge on any atom is -0.434 e. The second-order valence-electron chi connectivity index (χ2n) is 3.45. The van der Waals surface area contributed by atoms with Gasteiger partial charge in [-0.2, -0.15) is 0 Å². The zero-order chi connectivity index (χ0) is 10.4. The molecule has 1 unspecified atom stereocenters. The van der Waals surface area contributed by atoms with E-state index in [4.69, 9.17) is 14.6 Å². The number of carbonyl (C=O) groups excluding carboxylic acids is 1. The first-order chi connectivity index (χ1) is 5.97.